The van der Waals surface area contributed by atoms with Gasteiger partial charge in [0.25, 0.3) is 0 Å². The van der Waals surface area contributed by atoms with Crippen molar-refractivity contribution in [3.05, 3.63) is 29.8 Å². The van der Waals surface area contributed by atoms with Crippen LogP contribution in [0.1, 0.15) is 45.1 Å². The molecule has 0 saturated heterocycles. The van der Waals surface area contributed by atoms with E-state index in [9.17, 15) is 18.3 Å². The van der Waals surface area contributed by atoms with Crippen molar-refractivity contribution < 1.29 is 18.3 Å². The largest absolute Gasteiger partial charge is 0.416 e. The van der Waals surface area contributed by atoms with Crippen LogP contribution in [0.4, 0.5) is 18.9 Å². The van der Waals surface area contributed by atoms with Crippen LogP contribution in [0.25, 0.3) is 0 Å². The normalized spacial score (nSPS) is 21.0. The van der Waals surface area contributed by atoms with Crippen LogP contribution in [0.5, 0.6) is 0 Å². The first-order valence-electron chi connectivity index (χ1n) is 7.23. The topological polar surface area (TPSA) is 32.3 Å². The molecule has 1 aliphatic rings. The van der Waals surface area contributed by atoms with Gasteiger partial charge in [-0.1, -0.05) is 13.8 Å². The van der Waals surface area contributed by atoms with Crippen LogP contribution in [-0.2, 0) is 6.18 Å². The third-order valence-corrected chi connectivity index (χ3v) is 4.37. The molecular weight excluding hydrogens is 279 g/mol. The average molecular weight is 301 g/mol. The van der Waals surface area contributed by atoms with E-state index in [1.54, 1.807) is 0 Å². The minimum Gasteiger partial charge on any atom is -0.388 e. The van der Waals surface area contributed by atoms with E-state index in [0.717, 1.165) is 25.0 Å². The van der Waals surface area contributed by atoms with Gasteiger partial charge in [-0.3, -0.25) is 0 Å². The van der Waals surface area contributed by atoms with Gasteiger partial charge in [-0.15, -0.1) is 0 Å². The van der Waals surface area contributed by atoms with Gasteiger partial charge in [0, 0.05) is 12.2 Å². The molecule has 0 unspecified atom stereocenters. The molecule has 0 bridgehead atoms. The first-order valence-corrected chi connectivity index (χ1v) is 7.23. The molecule has 0 amide bonds. The van der Waals surface area contributed by atoms with Crippen LogP contribution in [0.2, 0.25) is 0 Å². The van der Waals surface area contributed by atoms with E-state index >= 15 is 0 Å². The first-order chi connectivity index (χ1) is 9.60. The van der Waals surface area contributed by atoms with Crippen molar-refractivity contribution in [3.63, 3.8) is 0 Å². The highest BCUT2D eigenvalue weighted by Crippen LogP contribution is 2.40. The molecule has 2 N–H and O–H groups in total. The van der Waals surface area contributed by atoms with Crippen LogP contribution < -0.4 is 5.32 Å². The molecular formula is C16H22F3NO. The molecule has 1 aromatic rings. The molecule has 1 aromatic carbocycles. The predicted molar refractivity (Wildman–Crippen MR) is 77.1 cm³/mol. The number of benzene rings is 1. The molecule has 0 heterocycles. The highest BCUT2D eigenvalue weighted by Gasteiger charge is 2.36. The zero-order chi connectivity index (χ0) is 15.7. The molecule has 1 saturated carbocycles. The van der Waals surface area contributed by atoms with E-state index in [1.807, 2.05) is 0 Å². The Morgan fingerprint density at radius 3 is 2.05 bits per heavy atom. The molecule has 5 heteroatoms. The van der Waals surface area contributed by atoms with Gasteiger partial charge in [0.05, 0.1) is 11.2 Å². The molecule has 2 nitrogen and oxygen atoms in total. The number of hydrogen-bond donors (Lipinski definition) is 2. The Balaban J connectivity index is 1.91. The average Bonchev–Trinajstić information content (AvgIpc) is 2.40. The van der Waals surface area contributed by atoms with Crippen molar-refractivity contribution in [2.45, 2.75) is 51.3 Å². The molecule has 0 spiro atoms. The SMILES string of the molecule is CC1(C)CCC(O)(CNc2ccc(C(F)(F)F)cc2)CC1. The fourth-order valence-electron chi connectivity index (χ4n) is 2.61. The maximum Gasteiger partial charge on any atom is 0.416 e. The highest BCUT2D eigenvalue weighted by molar-refractivity contribution is 5.45. The lowest BCUT2D eigenvalue weighted by molar-refractivity contribution is -0.137. The third-order valence-electron chi connectivity index (χ3n) is 4.37. The Labute approximate surface area is 123 Å². The lowest BCUT2D eigenvalue weighted by Crippen LogP contribution is -2.42. The van der Waals surface area contributed by atoms with E-state index in [1.165, 1.54) is 12.1 Å². The predicted octanol–water partition coefficient (Wildman–Crippen LogP) is 4.45. The van der Waals surface area contributed by atoms with Crippen molar-refractivity contribution in [1.29, 1.82) is 0 Å². The Bertz CT molecular complexity index is 469. The summed E-state index contributed by atoms with van der Waals surface area (Å²) in [4.78, 5) is 0. The smallest absolute Gasteiger partial charge is 0.388 e. The first kappa shape index (κ1) is 16.1. The molecule has 0 atom stereocenters. The van der Waals surface area contributed by atoms with Gasteiger partial charge in [-0.2, -0.15) is 13.2 Å². The highest BCUT2D eigenvalue weighted by atomic mass is 19.4. The second-order valence-corrected chi connectivity index (χ2v) is 6.82. The van der Waals surface area contributed by atoms with Gasteiger partial charge in [0.2, 0.25) is 0 Å². The van der Waals surface area contributed by atoms with Crippen LogP contribution in [0.15, 0.2) is 24.3 Å². The number of rotatable bonds is 3. The molecule has 118 valence electrons. The fourth-order valence-corrected chi connectivity index (χ4v) is 2.61. The Kier molecular flexibility index (Phi) is 4.24. The van der Waals surface area contributed by atoms with E-state index in [0.29, 0.717) is 25.1 Å². The summed E-state index contributed by atoms with van der Waals surface area (Å²) in [6.45, 7) is 4.75. The van der Waals surface area contributed by atoms with E-state index < -0.39 is 17.3 Å². The number of aliphatic hydroxyl groups is 1. The summed E-state index contributed by atoms with van der Waals surface area (Å²) in [5.41, 5.74) is -0.564. The van der Waals surface area contributed by atoms with E-state index in [-0.39, 0.29) is 5.41 Å². The van der Waals surface area contributed by atoms with Gasteiger partial charge in [-0.05, 0) is 55.4 Å². The second kappa shape index (κ2) is 5.52. The molecule has 2 rings (SSSR count). The molecule has 21 heavy (non-hydrogen) atoms. The standard InChI is InChI=1S/C16H22F3NO/c1-14(2)7-9-15(21,10-8-14)11-20-13-5-3-12(4-6-13)16(17,18)19/h3-6,20-21H,7-11H2,1-2H3. The third kappa shape index (κ3) is 4.37. The van der Waals surface area contributed by atoms with Crippen LogP contribution in [0.3, 0.4) is 0 Å². The minimum absolute atomic E-state index is 0.264. The van der Waals surface area contributed by atoms with E-state index in [2.05, 4.69) is 19.2 Å². The molecule has 0 aromatic heterocycles. The number of hydrogen-bond acceptors (Lipinski definition) is 2. The number of anilines is 1. The maximum atomic E-state index is 12.5. The van der Waals surface area contributed by atoms with Crippen molar-refractivity contribution in [2.24, 2.45) is 5.41 Å². The van der Waals surface area contributed by atoms with Gasteiger partial charge >= 0.3 is 6.18 Å². The zero-order valence-electron chi connectivity index (χ0n) is 12.4. The number of alkyl halides is 3. The van der Waals surface area contributed by atoms with Crippen molar-refractivity contribution in [3.8, 4) is 0 Å². The minimum atomic E-state index is -4.31. The van der Waals surface area contributed by atoms with Gasteiger partial charge in [-0.25, -0.2) is 0 Å². The quantitative estimate of drug-likeness (QED) is 0.864. The molecule has 0 aliphatic heterocycles. The summed E-state index contributed by atoms with van der Waals surface area (Å²) < 4.78 is 37.4. The lowest BCUT2D eigenvalue weighted by atomic mass is 9.71. The number of halogens is 3. The Morgan fingerprint density at radius 1 is 1.05 bits per heavy atom. The van der Waals surface area contributed by atoms with Gasteiger partial charge in [0.1, 0.15) is 0 Å². The molecule has 0 radical (unpaired) electrons. The number of nitrogens with one attached hydrogen (secondary N) is 1. The maximum absolute atomic E-state index is 12.5. The summed E-state index contributed by atoms with van der Waals surface area (Å²) in [6, 6.07) is 4.91. The monoisotopic (exact) mass is 301 g/mol. The van der Waals surface area contributed by atoms with Crippen molar-refractivity contribution >= 4 is 5.69 Å². The second-order valence-electron chi connectivity index (χ2n) is 6.82. The summed E-state index contributed by atoms with van der Waals surface area (Å²) in [5.74, 6) is 0. The summed E-state index contributed by atoms with van der Waals surface area (Å²) in [5, 5.41) is 13.5. The zero-order valence-corrected chi connectivity index (χ0v) is 12.4. The molecule has 1 fully saturated rings. The Morgan fingerprint density at radius 2 is 1.57 bits per heavy atom. The van der Waals surface area contributed by atoms with Gasteiger partial charge in [0.15, 0.2) is 0 Å². The molecule has 1 aliphatic carbocycles. The summed E-state index contributed by atoms with van der Waals surface area (Å²) in [7, 11) is 0. The van der Waals surface area contributed by atoms with Crippen molar-refractivity contribution in [1.82, 2.24) is 0 Å². The summed E-state index contributed by atoms with van der Waals surface area (Å²) >= 11 is 0. The van der Waals surface area contributed by atoms with E-state index in [4.69, 9.17) is 0 Å². The van der Waals surface area contributed by atoms with Crippen LogP contribution >= 0.6 is 0 Å². The van der Waals surface area contributed by atoms with Crippen molar-refractivity contribution in [2.75, 3.05) is 11.9 Å². The van der Waals surface area contributed by atoms with Gasteiger partial charge < -0.3 is 10.4 Å². The Hall–Kier alpha value is -1.23. The van der Waals surface area contributed by atoms with Crippen LogP contribution in [0, 0.1) is 5.41 Å². The summed E-state index contributed by atoms with van der Waals surface area (Å²) in [6.07, 6.45) is -0.969. The van der Waals surface area contributed by atoms with Crippen LogP contribution in [-0.4, -0.2) is 17.3 Å². The fraction of sp³-hybridized carbons (Fsp3) is 0.625. The lowest BCUT2D eigenvalue weighted by Gasteiger charge is -2.40.